The molecule has 122 valence electrons. The zero-order chi connectivity index (χ0) is 16.0. The fourth-order valence-electron chi connectivity index (χ4n) is 3.01. The van der Waals surface area contributed by atoms with Crippen molar-refractivity contribution in [1.82, 2.24) is 10.2 Å². The minimum atomic E-state index is -0.358. The van der Waals surface area contributed by atoms with Crippen LogP contribution in [0.1, 0.15) is 66.7 Å². The molecule has 0 bridgehead atoms. The third kappa shape index (κ3) is 4.72. The van der Waals surface area contributed by atoms with E-state index in [4.69, 9.17) is 0 Å². The Bertz CT molecular complexity index is 353. The van der Waals surface area contributed by atoms with Gasteiger partial charge in [0.1, 0.15) is 12.1 Å². The molecule has 0 spiro atoms. The first-order chi connectivity index (χ1) is 9.90. The quantitative estimate of drug-likeness (QED) is 0.700. The molecule has 1 heterocycles. The van der Waals surface area contributed by atoms with Gasteiger partial charge in [0, 0.05) is 6.54 Å². The molecule has 0 aromatic rings. The monoisotopic (exact) mass is 296 g/mol. The van der Waals surface area contributed by atoms with Crippen molar-refractivity contribution in [3.05, 3.63) is 0 Å². The number of rotatable bonds is 8. The Hall–Kier alpha value is -1.06. The molecule has 4 nitrogen and oxygen atoms in total. The van der Waals surface area contributed by atoms with Crippen molar-refractivity contribution >= 4 is 11.8 Å². The second-order valence-corrected chi connectivity index (χ2v) is 6.86. The van der Waals surface area contributed by atoms with Crippen molar-refractivity contribution in [3.8, 4) is 0 Å². The topological polar surface area (TPSA) is 49.4 Å². The van der Waals surface area contributed by atoms with Crippen LogP contribution in [0.5, 0.6) is 0 Å². The highest BCUT2D eigenvalue weighted by atomic mass is 16.2. The fourth-order valence-corrected chi connectivity index (χ4v) is 3.01. The number of nitrogens with one attached hydrogen (secondary N) is 1. The zero-order valence-electron chi connectivity index (χ0n) is 14.3. The second kappa shape index (κ2) is 8.40. The summed E-state index contributed by atoms with van der Waals surface area (Å²) in [5.74, 6) is 0.394. The first-order valence-electron chi connectivity index (χ1n) is 8.51. The molecule has 0 aromatic heterocycles. The average molecular weight is 296 g/mol. The third-order valence-corrected chi connectivity index (χ3v) is 4.25. The van der Waals surface area contributed by atoms with Gasteiger partial charge in [-0.3, -0.25) is 9.59 Å². The summed E-state index contributed by atoms with van der Waals surface area (Å²) in [5.41, 5.74) is 0. The highest BCUT2D eigenvalue weighted by Gasteiger charge is 2.42. The molecular formula is C17H32N2O2. The third-order valence-electron chi connectivity index (χ3n) is 4.25. The standard InChI is InChI=1S/C17H32N2O2/c1-6-7-8-9-10-11-19-15(13(4)5)16(20)18-14(12(2)3)17(19)21/h12-15H,6-11H2,1-5H3,(H,18,20). The number of hydrogen-bond donors (Lipinski definition) is 1. The van der Waals surface area contributed by atoms with E-state index in [9.17, 15) is 9.59 Å². The molecule has 1 aliphatic heterocycles. The van der Waals surface area contributed by atoms with Crippen LogP contribution in [0.3, 0.4) is 0 Å². The summed E-state index contributed by atoms with van der Waals surface area (Å²) in [6.07, 6.45) is 5.81. The predicted octanol–water partition coefficient (Wildman–Crippen LogP) is 2.96. The van der Waals surface area contributed by atoms with Crippen LogP contribution in [0.2, 0.25) is 0 Å². The molecule has 4 heteroatoms. The van der Waals surface area contributed by atoms with Crippen molar-refractivity contribution in [2.45, 2.75) is 78.8 Å². The molecule has 1 N–H and O–H groups in total. The lowest BCUT2D eigenvalue weighted by Crippen LogP contribution is -2.66. The first kappa shape index (κ1) is 18.0. The Morgan fingerprint density at radius 3 is 2.14 bits per heavy atom. The smallest absolute Gasteiger partial charge is 0.246 e. The van der Waals surface area contributed by atoms with Crippen LogP contribution in [0, 0.1) is 11.8 Å². The Morgan fingerprint density at radius 1 is 1.00 bits per heavy atom. The van der Waals surface area contributed by atoms with E-state index in [1.165, 1.54) is 19.3 Å². The summed E-state index contributed by atoms with van der Waals surface area (Å²) in [6, 6.07) is -0.665. The van der Waals surface area contributed by atoms with Crippen molar-refractivity contribution in [2.24, 2.45) is 11.8 Å². The van der Waals surface area contributed by atoms with Gasteiger partial charge in [0.05, 0.1) is 0 Å². The van der Waals surface area contributed by atoms with Crippen LogP contribution in [-0.2, 0) is 9.59 Å². The van der Waals surface area contributed by atoms with Gasteiger partial charge in [0.25, 0.3) is 0 Å². The summed E-state index contributed by atoms with van der Waals surface area (Å²) in [7, 11) is 0. The van der Waals surface area contributed by atoms with Crippen LogP contribution in [0.25, 0.3) is 0 Å². The summed E-state index contributed by atoms with van der Waals surface area (Å²) >= 11 is 0. The zero-order valence-corrected chi connectivity index (χ0v) is 14.3. The van der Waals surface area contributed by atoms with E-state index in [0.717, 1.165) is 12.8 Å². The lowest BCUT2D eigenvalue weighted by Gasteiger charge is -2.42. The molecule has 2 unspecified atom stereocenters. The van der Waals surface area contributed by atoms with Crippen molar-refractivity contribution < 1.29 is 9.59 Å². The molecule has 1 saturated heterocycles. The normalized spacial score (nSPS) is 23.1. The maximum atomic E-state index is 12.7. The number of amides is 2. The number of carbonyl (C=O) groups is 2. The summed E-state index contributed by atoms with van der Waals surface area (Å²) in [5, 5.41) is 2.91. The minimum Gasteiger partial charge on any atom is -0.342 e. The summed E-state index contributed by atoms with van der Waals surface area (Å²) < 4.78 is 0. The van der Waals surface area contributed by atoms with E-state index in [-0.39, 0.29) is 35.7 Å². The summed E-state index contributed by atoms with van der Waals surface area (Å²) in [4.78, 5) is 26.8. The van der Waals surface area contributed by atoms with Gasteiger partial charge in [-0.25, -0.2) is 0 Å². The molecular weight excluding hydrogens is 264 g/mol. The minimum absolute atomic E-state index is 0.0110. The maximum Gasteiger partial charge on any atom is 0.246 e. The maximum absolute atomic E-state index is 12.7. The second-order valence-electron chi connectivity index (χ2n) is 6.86. The Morgan fingerprint density at radius 2 is 1.62 bits per heavy atom. The SMILES string of the molecule is CCCCCCCN1C(=O)C(C(C)C)NC(=O)C1C(C)C. The van der Waals surface area contributed by atoms with E-state index in [2.05, 4.69) is 12.2 Å². The largest absolute Gasteiger partial charge is 0.342 e. The number of nitrogens with zero attached hydrogens (tertiary/aromatic N) is 1. The lowest BCUT2D eigenvalue weighted by molar-refractivity contribution is -0.152. The van der Waals surface area contributed by atoms with Crippen LogP contribution in [-0.4, -0.2) is 35.3 Å². The molecule has 0 radical (unpaired) electrons. The number of piperazine rings is 1. The van der Waals surface area contributed by atoms with Gasteiger partial charge in [-0.1, -0.05) is 60.3 Å². The van der Waals surface area contributed by atoms with Gasteiger partial charge in [0.2, 0.25) is 11.8 Å². The number of carbonyl (C=O) groups excluding carboxylic acids is 2. The first-order valence-corrected chi connectivity index (χ1v) is 8.51. The molecule has 1 aliphatic rings. The van der Waals surface area contributed by atoms with Crippen LogP contribution >= 0.6 is 0 Å². The number of unbranched alkanes of at least 4 members (excludes halogenated alkanes) is 4. The Balaban J connectivity index is 2.71. The van der Waals surface area contributed by atoms with Crippen molar-refractivity contribution in [3.63, 3.8) is 0 Å². The van der Waals surface area contributed by atoms with Crippen LogP contribution in [0.15, 0.2) is 0 Å². The van der Waals surface area contributed by atoms with E-state index in [1.54, 1.807) is 0 Å². The predicted molar refractivity (Wildman–Crippen MR) is 85.9 cm³/mol. The molecule has 2 atom stereocenters. The summed E-state index contributed by atoms with van der Waals surface area (Å²) in [6.45, 7) is 10.9. The van der Waals surface area contributed by atoms with E-state index in [0.29, 0.717) is 6.54 Å². The highest BCUT2D eigenvalue weighted by Crippen LogP contribution is 2.21. The fraction of sp³-hybridized carbons (Fsp3) is 0.882. The lowest BCUT2D eigenvalue weighted by atomic mass is 9.92. The van der Waals surface area contributed by atoms with E-state index >= 15 is 0 Å². The van der Waals surface area contributed by atoms with Crippen molar-refractivity contribution in [2.75, 3.05) is 6.54 Å². The number of hydrogen-bond acceptors (Lipinski definition) is 2. The average Bonchev–Trinajstić information content (AvgIpc) is 2.40. The van der Waals surface area contributed by atoms with Gasteiger partial charge in [0.15, 0.2) is 0 Å². The van der Waals surface area contributed by atoms with E-state index in [1.807, 2.05) is 32.6 Å². The molecule has 2 amide bonds. The van der Waals surface area contributed by atoms with Gasteiger partial charge in [-0.2, -0.15) is 0 Å². The Labute approximate surface area is 129 Å². The van der Waals surface area contributed by atoms with Crippen molar-refractivity contribution in [1.29, 1.82) is 0 Å². The van der Waals surface area contributed by atoms with Gasteiger partial charge < -0.3 is 10.2 Å². The molecule has 21 heavy (non-hydrogen) atoms. The molecule has 0 aromatic carbocycles. The Kier molecular flexibility index (Phi) is 7.20. The molecule has 0 saturated carbocycles. The van der Waals surface area contributed by atoms with Crippen LogP contribution in [0.4, 0.5) is 0 Å². The molecule has 1 rings (SSSR count). The van der Waals surface area contributed by atoms with Gasteiger partial charge in [-0.05, 0) is 18.3 Å². The van der Waals surface area contributed by atoms with Crippen LogP contribution < -0.4 is 5.32 Å². The van der Waals surface area contributed by atoms with E-state index < -0.39 is 0 Å². The molecule has 0 aliphatic carbocycles. The molecule has 1 fully saturated rings. The highest BCUT2D eigenvalue weighted by molar-refractivity contribution is 5.97. The van der Waals surface area contributed by atoms with Gasteiger partial charge in [-0.15, -0.1) is 0 Å². The van der Waals surface area contributed by atoms with Gasteiger partial charge >= 0.3 is 0 Å².